The fourth-order valence-electron chi connectivity index (χ4n) is 1.41. The Hall–Kier alpha value is -1.83. The second-order valence-electron chi connectivity index (χ2n) is 3.48. The van der Waals surface area contributed by atoms with Gasteiger partial charge in [-0.1, -0.05) is 11.6 Å². The Bertz CT molecular complexity index is 614. The van der Waals surface area contributed by atoms with E-state index < -0.39 is 0 Å². The van der Waals surface area contributed by atoms with Crippen molar-refractivity contribution in [3.63, 3.8) is 0 Å². The fraction of sp³-hybridized carbons (Fsp3) is 0.0833. The van der Waals surface area contributed by atoms with Crippen molar-refractivity contribution < 1.29 is 4.74 Å². The number of ether oxygens (including phenoxy) is 1. The Morgan fingerprint density at radius 1 is 1.33 bits per heavy atom. The fourth-order valence-corrected chi connectivity index (χ4v) is 1.85. The van der Waals surface area contributed by atoms with Crippen LogP contribution in [0.5, 0.6) is 11.6 Å². The third-order valence-electron chi connectivity index (χ3n) is 2.17. The van der Waals surface area contributed by atoms with E-state index >= 15 is 0 Å². The first kappa shape index (κ1) is 12.6. The van der Waals surface area contributed by atoms with Gasteiger partial charge in [0.25, 0.3) is 0 Å². The smallest absolute Gasteiger partial charge is 0.225 e. The molecule has 2 rings (SSSR count). The van der Waals surface area contributed by atoms with Crippen LogP contribution in [0.25, 0.3) is 0 Å². The highest BCUT2D eigenvalue weighted by Gasteiger charge is 2.10. The molecule has 90 valence electrons. The molecule has 0 aliphatic rings. The van der Waals surface area contributed by atoms with Crippen LogP contribution in [0.1, 0.15) is 11.1 Å². The normalized spacial score (nSPS) is 9.89. The molecule has 0 aliphatic carbocycles. The summed E-state index contributed by atoms with van der Waals surface area (Å²) in [6.45, 7) is 1.80. The van der Waals surface area contributed by atoms with Gasteiger partial charge in [0.2, 0.25) is 11.2 Å². The topological polar surface area (TPSA) is 58.8 Å². The molecule has 0 unspecified atom stereocenters. The Morgan fingerprint density at radius 2 is 2.11 bits per heavy atom. The van der Waals surface area contributed by atoms with Crippen LogP contribution in [0.2, 0.25) is 10.3 Å². The number of aromatic nitrogens is 2. The maximum atomic E-state index is 8.82. The van der Waals surface area contributed by atoms with E-state index in [1.807, 2.05) is 6.07 Å². The van der Waals surface area contributed by atoms with Gasteiger partial charge in [-0.3, -0.25) is 0 Å². The number of hydrogen-bond acceptors (Lipinski definition) is 4. The lowest BCUT2D eigenvalue weighted by atomic mass is 10.1. The zero-order valence-electron chi connectivity index (χ0n) is 9.32. The summed E-state index contributed by atoms with van der Waals surface area (Å²) in [4.78, 5) is 7.65. The predicted octanol–water partition coefficient (Wildman–Crippen LogP) is 3.76. The molecule has 0 N–H and O–H groups in total. The summed E-state index contributed by atoms with van der Waals surface area (Å²) in [5.41, 5.74) is 1.22. The summed E-state index contributed by atoms with van der Waals surface area (Å²) in [6.07, 6.45) is 1.48. The number of aryl methyl sites for hydroxylation is 1. The van der Waals surface area contributed by atoms with E-state index in [2.05, 4.69) is 9.97 Å². The first-order valence-electron chi connectivity index (χ1n) is 4.97. The Morgan fingerprint density at radius 3 is 2.72 bits per heavy atom. The third-order valence-corrected chi connectivity index (χ3v) is 2.63. The van der Waals surface area contributed by atoms with Crippen molar-refractivity contribution in [3.8, 4) is 17.7 Å². The average molecular weight is 280 g/mol. The molecule has 0 aliphatic heterocycles. The Balaban J connectivity index is 2.38. The molecule has 0 radical (unpaired) electrons. The maximum Gasteiger partial charge on any atom is 0.225 e. The molecule has 0 spiro atoms. The van der Waals surface area contributed by atoms with Gasteiger partial charge in [0.15, 0.2) is 5.75 Å². The summed E-state index contributed by atoms with van der Waals surface area (Å²) < 4.78 is 5.54. The largest absolute Gasteiger partial charge is 0.437 e. The van der Waals surface area contributed by atoms with E-state index in [9.17, 15) is 0 Å². The lowest BCUT2D eigenvalue weighted by molar-refractivity contribution is 0.458. The highest BCUT2D eigenvalue weighted by molar-refractivity contribution is 6.32. The average Bonchev–Trinajstić information content (AvgIpc) is 2.33. The number of hydrogen-bond donors (Lipinski definition) is 0. The first-order chi connectivity index (χ1) is 8.60. The molecule has 0 fully saturated rings. The summed E-state index contributed by atoms with van der Waals surface area (Å²) >= 11 is 11.7. The van der Waals surface area contributed by atoms with Crippen molar-refractivity contribution in [2.45, 2.75) is 6.92 Å². The van der Waals surface area contributed by atoms with Gasteiger partial charge in [0, 0.05) is 12.3 Å². The number of nitriles is 1. The van der Waals surface area contributed by atoms with E-state index in [1.165, 1.54) is 12.3 Å². The van der Waals surface area contributed by atoms with E-state index in [0.717, 1.165) is 5.56 Å². The van der Waals surface area contributed by atoms with Gasteiger partial charge in [-0.15, -0.1) is 0 Å². The van der Waals surface area contributed by atoms with Crippen LogP contribution in [-0.2, 0) is 0 Å². The molecular formula is C12H7Cl2N3O. The van der Waals surface area contributed by atoms with Crippen LogP contribution in [0.15, 0.2) is 24.4 Å². The minimum absolute atomic E-state index is 0.0925. The van der Waals surface area contributed by atoms with Crippen LogP contribution in [-0.4, -0.2) is 9.97 Å². The Kier molecular flexibility index (Phi) is 3.66. The second kappa shape index (κ2) is 5.21. The minimum Gasteiger partial charge on any atom is -0.437 e. The van der Waals surface area contributed by atoms with Crippen LogP contribution >= 0.6 is 23.2 Å². The van der Waals surface area contributed by atoms with Crippen LogP contribution in [0.4, 0.5) is 0 Å². The predicted molar refractivity (Wildman–Crippen MR) is 68.0 cm³/mol. The Labute approximate surface area is 114 Å². The van der Waals surface area contributed by atoms with Crippen LogP contribution < -0.4 is 4.74 Å². The lowest BCUT2D eigenvalue weighted by Crippen LogP contribution is -1.93. The second-order valence-corrected chi connectivity index (χ2v) is 4.23. The number of nitrogens with zero attached hydrogens (tertiary/aromatic N) is 3. The molecule has 4 nitrogen and oxygen atoms in total. The van der Waals surface area contributed by atoms with E-state index in [4.69, 9.17) is 33.2 Å². The molecule has 18 heavy (non-hydrogen) atoms. The molecule has 1 aromatic carbocycles. The third kappa shape index (κ3) is 2.70. The first-order valence-corrected chi connectivity index (χ1v) is 5.72. The van der Waals surface area contributed by atoms with Gasteiger partial charge in [0.1, 0.15) is 0 Å². The van der Waals surface area contributed by atoms with Crippen molar-refractivity contribution in [2.75, 3.05) is 0 Å². The van der Waals surface area contributed by atoms with Gasteiger partial charge in [-0.05, 0) is 36.2 Å². The maximum absolute atomic E-state index is 8.82. The number of rotatable bonds is 2. The van der Waals surface area contributed by atoms with Gasteiger partial charge >= 0.3 is 0 Å². The zero-order chi connectivity index (χ0) is 13.1. The summed E-state index contributed by atoms with van der Waals surface area (Å²) in [5, 5.41) is 9.26. The molecule has 0 amide bonds. The standard InChI is InChI=1S/C12H7Cl2N3O/c1-7-4-8(6-15)5-9(13)11(7)18-10-2-3-16-12(14)17-10/h2-5H,1H3. The van der Waals surface area contributed by atoms with E-state index in [-0.39, 0.29) is 5.28 Å². The summed E-state index contributed by atoms with van der Waals surface area (Å²) in [5.74, 6) is 0.746. The molecule has 1 heterocycles. The van der Waals surface area contributed by atoms with Crippen LogP contribution in [0, 0.1) is 18.3 Å². The van der Waals surface area contributed by atoms with Crippen molar-refractivity contribution in [3.05, 3.63) is 45.8 Å². The van der Waals surface area contributed by atoms with Crippen LogP contribution in [0.3, 0.4) is 0 Å². The van der Waals surface area contributed by atoms with Crippen molar-refractivity contribution in [1.82, 2.24) is 9.97 Å². The van der Waals surface area contributed by atoms with Crippen molar-refractivity contribution in [2.24, 2.45) is 0 Å². The highest BCUT2D eigenvalue weighted by Crippen LogP contribution is 2.33. The van der Waals surface area contributed by atoms with Gasteiger partial charge < -0.3 is 4.74 Å². The van der Waals surface area contributed by atoms with Gasteiger partial charge in [0.05, 0.1) is 16.7 Å². The summed E-state index contributed by atoms with van der Waals surface area (Å²) in [6, 6.07) is 6.81. The zero-order valence-corrected chi connectivity index (χ0v) is 10.8. The monoisotopic (exact) mass is 279 g/mol. The van der Waals surface area contributed by atoms with Crippen molar-refractivity contribution >= 4 is 23.2 Å². The number of benzene rings is 1. The molecule has 0 saturated carbocycles. The molecular weight excluding hydrogens is 273 g/mol. The molecule has 0 atom stereocenters. The number of halogens is 2. The van der Waals surface area contributed by atoms with Gasteiger partial charge in [-0.2, -0.15) is 10.2 Å². The van der Waals surface area contributed by atoms with E-state index in [0.29, 0.717) is 22.2 Å². The minimum atomic E-state index is 0.0925. The molecule has 0 saturated heterocycles. The lowest BCUT2D eigenvalue weighted by Gasteiger charge is -2.09. The highest BCUT2D eigenvalue weighted by atomic mass is 35.5. The summed E-state index contributed by atoms with van der Waals surface area (Å²) in [7, 11) is 0. The molecule has 6 heteroatoms. The van der Waals surface area contributed by atoms with E-state index in [1.54, 1.807) is 19.1 Å². The molecule has 2 aromatic rings. The van der Waals surface area contributed by atoms with Gasteiger partial charge in [-0.25, -0.2) is 4.98 Å². The molecule has 0 bridgehead atoms. The SMILES string of the molecule is Cc1cc(C#N)cc(Cl)c1Oc1ccnc(Cl)n1. The quantitative estimate of drug-likeness (QED) is 0.786. The van der Waals surface area contributed by atoms with Crippen molar-refractivity contribution in [1.29, 1.82) is 5.26 Å². The molecule has 1 aromatic heterocycles.